The first kappa shape index (κ1) is 14.5. The minimum absolute atomic E-state index is 0.0741. The first-order valence-electron chi connectivity index (χ1n) is 6.71. The minimum Gasteiger partial charge on any atom is -0.478 e. The average Bonchev–Trinajstić information content (AvgIpc) is 2.68. The summed E-state index contributed by atoms with van der Waals surface area (Å²) < 4.78 is 0. The monoisotopic (exact) mass is 277 g/mol. The lowest BCUT2D eigenvalue weighted by atomic mass is 10.2. The molecule has 1 fully saturated rings. The van der Waals surface area contributed by atoms with Gasteiger partial charge in [0.2, 0.25) is 5.91 Å². The van der Waals surface area contributed by atoms with Gasteiger partial charge in [-0.2, -0.15) is 0 Å². The number of hydrogen-bond acceptors (Lipinski definition) is 4. The first-order valence-corrected chi connectivity index (χ1v) is 6.71. The molecular formula is C14H19N3O3. The molecule has 6 nitrogen and oxygen atoms in total. The molecule has 20 heavy (non-hydrogen) atoms. The van der Waals surface area contributed by atoms with Crippen LogP contribution in [0.15, 0.2) is 24.3 Å². The normalized spacial score (nSPS) is 16.4. The summed E-state index contributed by atoms with van der Waals surface area (Å²) >= 11 is 0. The molecule has 0 bridgehead atoms. The van der Waals surface area contributed by atoms with Crippen molar-refractivity contribution in [2.75, 3.05) is 38.0 Å². The zero-order valence-electron chi connectivity index (χ0n) is 11.3. The summed E-state index contributed by atoms with van der Waals surface area (Å²) in [6.45, 7) is 4.04. The van der Waals surface area contributed by atoms with Gasteiger partial charge in [-0.1, -0.05) is 0 Å². The number of carbonyl (C=O) groups excluding carboxylic acids is 1. The molecule has 1 aromatic rings. The fraction of sp³-hybridized carbons (Fsp3) is 0.429. The third-order valence-electron chi connectivity index (χ3n) is 3.22. The van der Waals surface area contributed by atoms with Crippen LogP contribution in [0.3, 0.4) is 0 Å². The Bertz CT molecular complexity index is 465. The average molecular weight is 277 g/mol. The zero-order chi connectivity index (χ0) is 14.4. The van der Waals surface area contributed by atoms with Gasteiger partial charge in [-0.05, 0) is 43.8 Å². The summed E-state index contributed by atoms with van der Waals surface area (Å²) in [5, 5.41) is 14.9. The summed E-state index contributed by atoms with van der Waals surface area (Å²) in [5.74, 6) is -1.05. The number of carbonyl (C=O) groups is 2. The van der Waals surface area contributed by atoms with Crippen molar-refractivity contribution in [2.24, 2.45) is 0 Å². The topological polar surface area (TPSA) is 81.7 Å². The molecule has 0 aromatic heterocycles. The minimum atomic E-state index is -0.972. The van der Waals surface area contributed by atoms with E-state index in [0.29, 0.717) is 12.2 Å². The lowest BCUT2D eigenvalue weighted by molar-refractivity contribution is -0.117. The van der Waals surface area contributed by atoms with Crippen molar-refractivity contribution in [1.29, 1.82) is 0 Å². The van der Waals surface area contributed by atoms with E-state index in [2.05, 4.69) is 15.5 Å². The first-order chi connectivity index (χ1) is 9.65. The van der Waals surface area contributed by atoms with Gasteiger partial charge < -0.3 is 15.7 Å². The lowest BCUT2D eigenvalue weighted by Crippen LogP contribution is -2.35. The van der Waals surface area contributed by atoms with E-state index >= 15 is 0 Å². The largest absolute Gasteiger partial charge is 0.478 e. The molecule has 108 valence electrons. The number of hydrogen-bond donors (Lipinski definition) is 3. The summed E-state index contributed by atoms with van der Waals surface area (Å²) in [4.78, 5) is 24.8. The zero-order valence-corrected chi connectivity index (χ0v) is 11.3. The van der Waals surface area contributed by atoms with Crippen molar-refractivity contribution in [3.05, 3.63) is 29.8 Å². The highest BCUT2D eigenvalue weighted by atomic mass is 16.4. The second-order valence-corrected chi connectivity index (χ2v) is 4.81. The maximum Gasteiger partial charge on any atom is 0.335 e. The maximum atomic E-state index is 11.9. The van der Waals surface area contributed by atoms with Crippen LogP contribution in [-0.4, -0.2) is 54.6 Å². The van der Waals surface area contributed by atoms with Gasteiger partial charge in [-0.25, -0.2) is 4.79 Å². The summed E-state index contributed by atoms with van der Waals surface area (Å²) in [5.41, 5.74) is 0.828. The molecule has 1 heterocycles. The number of carboxylic acid groups (broad SMARTS) is 1. The fourth-order valence-electron chi connectivity index (χ4n) is 2.16. The van der Waals surface area contributed by atoms with Gasteiger partial charge in [0.05, 0.1) is 12.1 Å². The number of nitrogens with zero attached hydrogens (tertiary/aromatic N) is 1. The van der Waals surface area contributed by atoms with E-state index in [-0.39, 0.29) is 11.5 Å². The second kappa shape index (κ2) is 7.02. The number of benzene rings is 1. The molecular weight excluding hydrogens is 258 g/mol. The van der Waals surface area contributed by atoms with Crippen molar-refractivity contribution >= 4 is 17.6 Å². The summed E-state index contributed by atoms with van der Waals surface area (Å²) in [6.07, 6.45) is 1.04. The van der Waals surface area contributed by atoms with Gasteiger partial charge in [-0.3, -0.25) is 9.69 Å². The molecule has 0 saturated carbocycles. The van der Waals surface area contributed by atoms with Crippen molar-refractivity contribution in [1.82, 2.24) is 10.2 Å². The second-order valence-electron chi connectivity index (χ2n) is 4.81. The van der Waals surface area contributed by atoms with E-state index in [1.54, 1.807) is 12.1 Å². The molecule has 0 unspecified atom stereocenters. The van der Waals surface area contributed by atoms with Crippen molar-refractivity contribution in [3.63, 3.8) is 0 Å². The molecule has 0 aliphatic carbocycles. The quantitative estimate of drug-likeness (QED) is 0.751. The Labute approximate surface area is 117 Å². The van der Waals surface area contributed by atoms with Gasteiger partial charge in [0.1, 0.15) is 0 Å². The van der Waals surface area contributed by atoms with Gasteiger partial charge in [0.25, 0.3) is 0 Å². The van der Waals surface area contributed by atoms with Crippen molar-refractivity contribution in [3.8, 4) is 0 Å². The molecule has 1 aliphatic rings. The fourth-order valence-corrected chi connectivity index (χ4v) is 2.16. The van der Waals surface area contributed by atoms with Gasteiger partial charge in [0, 0.05) is 18.8 Å². The Hall–Kier alpha value is -1.92. The molecule has 6 heteroatoms. The van der Waals surface area contributed by atoms with E-state index in [9.17, 15) is 9.59 Å². The summed E-state index contributed by atoms with van der Waals surface area (Å²) in [6, 6.07) is 6.16. The molecule has 0 radical (unpaired) electrons. The van der Waals surface area contributed by atoms with E-state index < -0.39 is 5.97 Å². The number of aromatic carboxylic acids is 1. The van der Waals surface area contributed by atoms with Crippen LogP contribution in [0.5, 0.6) is 0 Å². The number of nitrogens with one attached hydrogen (secondary N) is 2. The third kappa shape index (κ3) is 4.32. The van der Waals surface area contributed by atoms with Gasteiger partial charge in [-0.15, -0.1) is 0 Å². The van der Waals surface area contributed by atoms with Crippen LogP contribution in [0.4, 0.5) is 5.69 Å². The van der Waals surface area contributed by atoms with Crippen LogP contribution in [0.1, 0.15) is 16.8 Å². The highest BCUT2D eigenvalue weighted by Gasteiger charge is 2.12. The predicted molar refractivity (Wildman–Crippen MR) is 76.0 cm³/mol. The molecule has 0 spiro atoms. The SMILES string of the molecule is O=C(CN1CCCNCC1)Nc1ccc(C(=O)O)cc1. The van der Waals surface area contributed by atoms with Crippen LogP contribution < -0.4 is 10.6 Å². The number of carboxylic acids is 1. The molecule has 0 atom stereocenters. The van der Waals surface area contributed by atoms with E-state index in [0.717, 1.165) is 32.6 Å². The van der Waals surface area contributed by atoms with Crippen molar-refractivity contribution < 1.29 is 14.7 Å². The number of anilines is 1. The standard InChI is InChI=1S/C14H19N3O3/c18-13(10-17-8-1-6-15-7-9-17)16-12-4-2-11(3-5-12)14(19)20/h2-5,15H,1,6-10H2,(H,16,18)(H,19,20). The molecule has 1 aliphatic heterocycles. The van der Waals surface area contributed by atoms with Crippen LogP contribution in [0.2, 0.25) is 0 Å². The Morgan fingerprint density at radius 1 is 1.20 bits per heavy atom. The van der Waals surface area contributed by atoms with Crippen LogP contribution >= 0.6 is 0 Å². The highest BCUT2D eigenvalue weighted by Crippen LogP contribution is 2.09. The Morgan fingerprint density at radius 3 is 2.65 bits per heavy atom. The van der Waals surface area contributed by atoms with E-state index in [4.69, 9.17) is 5.11 Å². The predicted octanol–water partition coefficient (Wildman–Crippen LogP) is 0.619. The number of rotatable bonds is 4. The summed E-state index contributed by atoms with van der Waals surface area (Å²) in [7, 11) is 0. The molecule has 3 N–H and O–H groups in total. The maximum absolute atomic E-state index is 11.9. The van der Waals surface area contributed by atoms with Gasteiger partial charge >= 0.3 is 5.97 Å². The lowest BCUT2D eigenvalue weighted by Gasteiger charge is -2.18. The van der Waals surface area contributed by atoms with E-state index in [1.807, 2.05) is 0 Å². The molecule has 1 saturated heterocycles. The Kier molecular flexibility index (Phi) is 5.09. The number of amides is 1. The Morgan fingerprint density at radius 2 is 1.95 bits per heavy atom. The van der Waals surface area contributed by atoms with E-state index in [1.165, 1.54) is 12.1 Å². The smallest absolute Gasteiger partial charge is 0.335 e. The highest BCUT2D eigenvalue weighted by molar-refractivity contribution is 5.93. The third-order valence-corrected chi connectivity index (χ3v) is 3.22. The molecule has 2 rings (SSSR count). The molecule has 1 aromatic carbocycles. The van der Waals surface area contributed by atoms with Crippen molar-refractivity contribution in [2.45, 2.75) is 6.42 Å². The van der Waals surface area contributed by atoms with Crippen LogP contribution in [0.25, 0.3) is 0 Å². The van der Waals surface area contributed by atoms with Gasteiger partial charge in [0.15, 0.2) is 0 Å². The van der Waals surface area contributed by atoms with Crippen LogP contribution in [0, 0.1) is 0 Å². The molecule has 1 amide bonds. The Balaban J connectivity index is 1.85. The van der Waals surface area contributed by atoms with Crippen LogP contribution in [-0.2, 0) is 4.79 Å².